The Morgan fingerprint density at radius 3 is 2.42 bits per heavy atom. The molecule has 3 aromatic rings. The summed E-state index contributed by atoms with van der Waals surface area (Å²) in [5.74, 6) is -1.01. The van der Waals surface area contributed by atoms with E-state index >= 15 is 0 Å². The molecule has 33 heavy (non-hydrogen) atoms. The molecule has 0 atom stereocenters. The number of pyridine rings is 1. The molecule has 170 valence electrons. The molecule has 0 bridgehead atoms. The number of nitrogens with one attached hydrogen (secondary N) is 1. The molecule has 0 spiro atoms. The average Bonchev–Trinajstić information content (AvgIpc) is 2.77. The van der Waals surface area contributed by atoms with E-state index in [1.165, 1.54) is 40.6 Å². The lowest BCUT2D eigenvalue weighted by Crippen LogP contribution is -2.39. The van der Waals surface area contributed by atoms with Gasteiger partial charge in [0.2, 0.25) is 0 Å². The fourth-order valence-electron chi connectivity index (χ4n) is 4.40. The smallest absolute Gasteiger partial charge is 0.268 e. The second kappa shape index (κ2) is 9.14. The van der Waals surface area contributed by atoms with Crippen molar-refractivity contribution in [2.75, 3.05) is 6.54 Å². The Morgan fingerprint density at radius 1 is 1.03 bits per heavy atom. The van der Waals surface area contributed by atoms with Crippen molar-refractivity contribution in [2.24, 2.45) is 5.41 Å². The number of Topliss-reactive ketones (excluding diaryl/α,β-unsaturated/α-hetero) is 1. The van der Waals surface area contributed by atoms with Gasteiger partial charge in [-0.2, -0.15) is 0 Å². The molecule has 0 unspecified atom stereocenters. The van der Waals surface area contributed by atoms with Gasteiger partial charge in [0.05, 0.1) is 0 Å². The highest BCUT2D eigenvalue weighted by molar-refractivity contribution is 6.04. The van der Waals surface area contributed by atoms with E-state index in [4.69, 9.17) is 0 Å². The molecule has 0 aliphatic heterocycles. The van der Waals surface area contributed by atoms with Crippen molar-refractivity contribution in [3.63, 3.8) is 0 Å². The van der Waals surface area contributed by atoms with Crippen LogP contribution in [-0.2, 0) is 12.8 Å². The average molecular weight is 447 g/mol. The second-order valence-electron chi connectivity index (χ2n) is 9.33. The first-order chi connectivity index (χ1) is 15.7. The summed E-state index contributed by atoms with van der Waals surface area (Å²) < 4.78 is 14.7. The lowest BCUT2D eigenvalue weighted by Gasteiger charge is -2.31. The van der Waals surface area contributed by atoms with Crippen LogP contribution in [0.4, 0.5) is 4.39 Å². The zero-order chi connectivity index (χ0) is 23.6. The first-order valence-electron chi connectivity index (χ1n) is 11.1. The van der Waals surface area contributed by atoms with Gasteiger partial charge in [-0.15, -0.1) is 0 Å². The number of benzene rings is 2. The fraction of sp³-hybridized carbons (Fsp3) is 0.296. The van der Waals surface area contributed by atoms with E-state index in [-0.39, 0.29) is 16.8 Å². The third-order valence-corrected chi connectivity index (χ3v) is 6.02. The van der Waals surface area contributed by atoms with Gasteiger partial charge in [-0.05, 0) is 60.1 Å². The number of aromatic nitrogens is 1. The van der Waals surface area contributed by atoms with Crippen LogP contribution in [0.15, 0.2) is 65.6 Å². The number of ketones is 1. The van der Waals surface area contributed by atoms with Gasteiger partial charge in [0.15, 0.2) is 5.78 Å². The maximum absolute atomic E-state index is 13.4. The van der Waals surface area contributed by atoms with Crippen LogP contribution >= 0.6 is 0 Å². The van der Waals surface area contributed by atoms with Crippen LogP contribution in [0.5, 0.6) is 0 Å². The molecule has 2 aromatic carbocycles. The minimum Gasteiger partial charge on any atom is -0.352 e. The second-order valence-corrected chi connectivity index (χ2v) is 9.33. The third-order valence-electron chi connectivity index (χ3n) is 6.02. The van der Waals surface area contributed by atoms with Gasteiger partial charge >= 0.3 is 0 Å². The van der Waals surface area contributed by atoms with Gasteiger partial charge < -0.3 is 5.32 Å². The first kappa shape index (κ1) is 22.6. The van der Waals surface area contributed by atoms with E-state index in [0.29, 0.717) is 36.2 Å². The molecule has 4 rings (SSSR count). The highest BCUT2D eigenvalue weighted by Crippen LogP contribution is 2.35. The van der Waals surface area contributed by atoms with Crippen LogP contribution in [0.1, 0.15) is 58.5 Å². The van der Waals surface area contributed by atoms with Crippen LogP contribution in [0.3, 0.4) is 0 Å². The molecule has 5 nitrogen and oxygen atoms in total. The number of carbonyl (C=O) groups is 2. The number of fused-ring (bicyclic) bond motifs is 1. The number of rotatable bonds is 6. The number of nitrogens with zero attached hydrogens (tertiary/aromatic N) is 1. The van der Waals surface area contributed by atoms with Crippen molar-refractivity contribution in [2.45, 2.75) is 39.5 Å². The summed E-state index contributed by atoms with van der Waals surface area (Å²) in [5.41, 5.74) is 1.60. The zero-order valence-corrected chi connectivity index (χ0v) is 18.9. The van der Waals surface area contributed by atoms with E-state index in [1.807, 2.05) is 44.2 Å². The highest BCUT2D eigenvalue weighted by atomic mass is 19.1. The molecule has 1 aromatic heterocycles. The van der Waals surface area contributed by atoms with Crippen molar-refractivity contribution >= 4 is 11.7 Å². The summed E-state index contributed by atoms with van der Waals surface area (Å²) in [5, 5.41) is 2.87. The van der Waals surface area contributed by atoms with E-state index in [2.05, 4.69) is 5.32 Å². The molecule has 0 saturated heterocycles. The quantitative estimate of drug-likeness (QED) is 0.567. The summed E-state index contributed by atoms with van der Waals surface area (Å²) in [6.07, 6.45) is 3.81. The molecular weight excluding hydrogens is 419 g/mol. The predicted octanol–water partition coefficient (Wildman–Crippen LogP) is 4.49. The predicted molar refractivity (Wildman–Crippen MR) is 126 cm³/mol. The summed E-state index contributed by atoms with van der Waals surface area (Å²) >= 11 is 0. The fourth-order valence-corrected chi connectivity index (χ4v) is 4.40. The molecule has 1 N–H and O–H groups in total. The van der Waals surface area contributed by atoms with Crippen molar-refractivity contribution in [3.8, 4) is 5.69 Å². The summed E-state index contributed by atoms with van der Waals surface area (Å²) in [7, 11) is 0. The number of aryl methyl sites for hydroxylation is 1. The minimum absolute atomic E-state index is 0.00217. The monoisotopic (exact) mass is 446 g/mol. The number of halogens is 1. The molecule has 1 aliphatic rings. The Kier molecular flexibility index (Phi) is 6.27. The van der Waals surface area contributed by atoms with Gasteiger partial charge in [0.1, 0.15) is 11.4 Å². The lowest BCUT2D eigenvalue weighted by atomic mass is 9.73. The number of carbonyl (C=O) groups excluding carboxylic acids is 2. The van der Waals surface area contributed by atoms with Gasteiger partial charge in [0, 0.05) is 30.4 Å². The molecule has 1 heterocycles. The maximum Gasteiger partial charge on any atom is 0.268 e. The topological polar surface area (TPSA) is 68.2 Å². The molecule has 0 radical (unpaired) electrons. The van der Waals surface area contributed by atoms with Crippen molar-refractivity contribution in [3.05, 3.63) is 99.2 Å². The molecule has 0 saturated carbocycles. The Balaban J connectivity index is 1.67. The largest absolute Gasteiger partial charge is 0.352 e. The number of amides is 1. The summed E-state index contributed by atoms with van der Waals surface area (Å²) in [6.45, 7) is 4.33. The van der Waals surface area contributed by atoms with Crippen LogP contribution < -0.4 is 10.9 Å². The van der Waals surface area contributed by atoms with E-state index in [9.17, 15) is 18.8 Å². The van der Waals surface area contributed by atoms with Crippen LogP contribution in [0, 0.1) is 11.2 Å². The maximum atomic E-state index is 13.4. The SMILES string of the molecule is CC1(C)CC(=O)c2cn(-c3ccc(F)cc3)c(=O)c(C(=O)NCCCc3ccccc3)c2C1. The zero-order valence-electron chi connectivity index (χ0n) is 18.9. The summed E-state index contributed by atoms with van der Waals surface area (Å²) in [4.78, 5) is 39.6. The normalized spacial score (nSPS) is 14.6. The molecular formula is C27H27FN2O3. The molecule has 6 heteroatoms. The Labute approximate surface area is 192 Å². The molecule has 1 amide bonds. The first-order valence-corrected chi connectivity index (χ1v) is 11.1. The van der Waals surface area contributed by atoms with Gasteiger partial charge in [0.25, 0.3) is 11.5 Å². The minimum atomic E-state index is -0.508. The Morgan fingerprint density at radius 2 is 1.73 bits per heavy atom. The van der Waals surface area contributed by atoms with E-state index < -0.39 is 17.3 Å². The van der Waals surface area contributed by atoms with Gasteiger partial charge in [-0.1, -0.05) is 44.2 Å². The van der Waals surface area contributed by atoms with Gasteiger partial charge in [-0.3, -0.25) is 19.0 Å². The van der Waals surface area contributed by atoms with Crippen molar-refractivity contribution in [1.82, 2.24) is 9.88 Å². The highest BCUT2D eigenvalue weighted by Gasteiger charge is 2.35. The number of hydrogen-bond acceptors (Lipinski definition) is 3. The van der Waals surface area contributed by atoms with E-state index in [0.717, 1.165) is 12.8 Å². The molecule has 1 aliphatic carbocycles. The van der Waals surface area contributed by atoms with Crippen LogP contribution in [-0.4, -0.2) is 22.8 Å². The van der Waals surface area contributed by atoms with Gasteiger partial charge in [-0.25, -0.2) is 4.39 Å². The third kappa shape index (κ3) is 4.95. The Bertz CT molecular complexity index is 1240. The lowest BCUT2D eigenvalue weighted by molar-refractivity contribution is 0.0909. The van der Waals surface area contributed by atoms with Crippen molar-refractivity contribution in [1.29, 1.82) is 0 Å². The Hall–Kier alpha value is -3.54. The van der Waals surface area contributed by atoms with Crippen LogP contribution in [0.2, 0.25) is 0 Å². The van der Waals surface area contributed by atoms with Crippen LogP contribution in [0.25, 0.3) is 5.69 Å². The summed E-state index contributed by atoms with van der Waals surface area (Å²) in [6, 6.07) is 15.4. The number of hydrogen-bond donors (Lipinski definition) is 1. The van der Waals surface area contributed by atoms with Crippen molar-refractivity contribution < 1.29 is 14.0 Å². The molecule has 0 fully saturated rings. The van der Waals surface area contributed by atoms with E-state index in [1.54, 1.807) is 0 Å². The standard InChI is InChI=1S/C27H27FN2O3/c1-27(2)15-21-22(23(31)16-27)17-30(20-12-10-19(28)11-13-20)26(33)24(21)25(32)29-14-6-9-18-7-4-3-5-8-18/h3-5,7-8,10-13,17H,6,9,14-16H2,1-2H3,(H,29,32).